The summed E-state index contributed by atoms with van der Waals surface area (Å²) in [5, 5.41) is 10.1. The third-order valence-corrected chi connectivity index (χ3v) is 4.37. The maximum atomic E-state index is 11.1. The van der Waals surface area contributed by atoms with Crippen LogP contribution in [0.5, 0.6) is 0 Å². The zero-order chi connectivity index (χ0) is 13.4. The fraction of sp³-hybridized carbons (Fsp3) is 0.385. The molecule has 3 nitrogen and oxygen atoms in total. The van der Waals surface area contributed by atoms with Gasteiger partial charge in [0.15, 0.2) is 0 Å². The Hall–Kier alpha value is -1.07. The molecule has 0 aliphatic heterocycles. The first-order chi connectivity index (χ1) is 8.40. The predicted molar refractivity (Wildman–Crippen MR) is 78.1 cm³/mol. The largest absolute Gasteiger partial charge is 0.478 e. The molecule has 0 saturated carbocycles. The molecular weight excluding hydrogens is 266 g/mol. The van der Waals surface area contributed by atoms with E-state index in [4.69, 9.17) is 5.11 Å². The summed E-state index contributed by atoms with van der Waals surface area (Å²) in [5.41, 5.74) is 2.23. The summed E-state index contributed by atoms with van der Waals surface area (Å²) < 4.78 is 0.925. The molecule has 2 rings (SSSR count). The molecule has 0 spiro atoms. The van der Waals surface area contributed by atoms with Crippen molar-refractivity contribution in [2.24, 2.45) is 0 Å². The Labute approximate surface area is 115 Å². The Morgan fingerprint density at radius 3 is 2.56 bits per heavy atom. The van der Waals surface area contributed by atoms with Crippen LogP contribution < -0.4 is 0 Å². The topological polar surface area (TPSA) is 50.2 Å². The average molecular weight is 281 g/mol. The smallest absolute Gasteiger partial charge is 0.335 e. The molecular formula is C13H15NO2S2. The van der Waals surface area contributed by atoms with Gasteiger partial charge in [0.2, 0.25) is 0 Å². The number of hydrogen-bond donors (Lipinski definition) is 2. The molecule has 2 aromatic rings. The second-order valence-corrected chi connectivity index (χ2v) is 6.44. The number of carbonyl (C=O) groups is 1. The molecule has 1 N–H and O–H groups in total. The van der Waals surface area contributed by atoms with E-state index in [-0.39, 0.29) is 11.2 Å². The first kappa shape index (κ1) is 13.4. The van der Waals surface area contributed by atoms with Crippen molar-refractivity contribution >= 4 is 40.2 Å². The number of thiol groups is 1. The second-order valence-electron chi connectivity index (χ2n) is 4.60. The van der Waals surface area contributed by atoms with E-state index in [1.54, 1.807) is 12.1 Å². The van der Waals surface area contributed by atoms with Crippen molar-refractivity contribution in [3.63, 3.8) is 0 Å². The number of nitrogens with zero attached hydrogens (tertiary/aromatic N) is 1. The molecule has 18 heavy (non-hydrogen) atoms. The van der Waals surface area contributed by atoms with Crippen LogP contribution in [0.1, 0.15) is 52.9 Å². The Bertz CT molecular complexity index is 602. The van der Waals surface area contributed by atoms with E-state index in [1.165, 1.54) is 11.3 Å². The number of carboxylic acids is 1. The number of thiazole rings is 1. The monoisotopic (exact) mass is 281 g/mol. The lowest BCUT2D eigenvalue weighted by atomic mass is 9.99. The molecule has 0 fully saturated rings. The average Bonchev–Trinajstić information content (AvgIpc) is 2.70. The molecule has 0 saturated heterocycles. The van der Waals surface area contributed by atoms with Gasteiger partial charge in [-0.2, -0.15) is 12.6 Å². The number of rotatable bonds is 3. The fourth-order valence-corrected chi connectivity index (χ4v) is 3.01. The van der Waals surface area contributed by atoms with Crippen molar-refractivity contribution in [1.29, 1.82) is 0 Å². The van der Waals surface area contributed by atoms with Crippen LogP contribution in [0.4, 0.5) is 0 Å². The van der Waals surface area contributed by atoms with Gasteiger partial charge < -0.3 is 5.11 Å². The quantitative estimate of drug-likeness (QED) is 0.832. The van der Waals surface area contributed by atoms with Gasteiger partial charge in [0.1, 0.15) is 5.01 Å². The van der Waals surface area contributed by atoms with E-state index in [0.29, 0.717) is 5.56 Å². The molecule has 96 valence electrons. The number of aromatic nitrogens is 1. The zero-order valence-electron chi connectivity index (χ0n) is 10.5. The van der Waals surface area contributed by atoms with Crippen molar-refractivity contribution in [2.75, 3.05) is 0 Å². The van der Waals surface area contributed by atoms with Crippen LogP contribution in [0.2, 0.25) is 0 Å². The molecule has 5 heteroatoms. The van der Waals surface area contributed by atoms with Gasteiger partial charge in [0.05, 0.1) is 21.0 Å². The second kappa shape index (κ2) is 4.90. The molecule has 0 aliphatic rings. The van der Waals surface area contributed by atoms with E-state index in [2.05, 4.69) is 17.6 Å². The van der Waals surface area contributed by atoms with Gasteiger partial charge in [0, 0.05) is 0 Å². The van der Waals surface area contributed by atoms with Gasteiger partial charge in [-0.05, 0) is 30.5 Å². The van der Waals surface area contributed by atoms with Crippen LogP contribution in [-0.2, 0) is 0 Å². The fourth-order valence-electron chi connectivity index (χ4n) is 1.81. The molecule has 0 bridgehead atoms. The Morgan fingerprint density at radius 1 is 1.39 bits per heavy atom. The first-order valence-electron chi connectivity index (χ1n) is 5.76. The predicted octanol–water partition coefficient (Wildman–Crippen LogP) is 4.11. The summed E-state index contributed by atoms with van der Waals surface area (Å²) in [6.45, 7) is 6.06. The van der Waals surface area contributed by atoms with Crippen LogP contribution >= 0.6 is 24.0 Å². The molecule has 0 amide bonds. The highest BCUT2D eigenvalue weighted by Crippen LogP contribution is 2.34. The van der Waals surface area contributed by atoms with E-state index in [0.717, 1.165) is 20.8 Å². The number of fused-ring (bicyclic) bond motifs is 1. The van der Waals surface area contributed by atoms with Crippen LogP contribution in [0.15, 0.2) is 12.1 Å². The molecule has 1 aromatic carbocycles. The highest BCUT2D eigenvalue weighted by Gasteiger charge is 2.16. The first-order valence-corrected chi connectivity index (χ1v) is 7.09. The van der Waals surface area contributed by atoms with Crippen molar-refractivity contribution in [3.05, 3.63) is 28.3 Å². The highest BCUT2D eigenvalue weighted by atomic mass is 32.1. The van der Waals surface area contributed by atoms with Crippen molar-refractivity contribution in [1.82, 2.24) is 4.98 Å². The van der Waals surface area contributed by atoms with Crippen molar-refractivity contribution < 1.29 is 9.90 Å². The van der Waals surface area contributed by atoms with E-state index in [1.807, 2.05) is 20.8 Å². The van der Waals surface area contributed by atoms with Gasteiger partial charge in [-0.25, -0.2) is 9.78 Å². The van der Waals surface area contributed by atoms with Crippen LogP contribution in [-0.4, -0.2) is 16.1 Å². The van der Waals surface area contributed by atoms with Gasteiger partial charge in [-0.15, -0.1) is 11.3 Å². The minimum absolute atomic E-state index is 0.0655. The number of hydrogen-bond acceptors (Lipinski definition) is 4. The lowest BCUT2D eigenvalue weighted by Crippen LogP contribution is -1.99. The SMILES string of the molecule is CC(C)c1cc(C(=O)O)cc2sc(C(C)S)nc12. The minimum Gasteiger partial charge on any atom is -0.478 e. The highest BCUT2D eigenvalue weighted by molar-refractivity contribution is 7.80. The number of carboxylic acid groups (broad SMARTS) is 1. The Balaban J connectivity index is 2.73. The summed E-state index contributed by atoms with van der Waals surface area (Å²) in [5.74, 6) is -0.648. The van der Waals surface area contributed by atoms with E-state index in [9.17, 15) is 4.79 Å². The Morgan fingerprint density at radius 2 is 2.06 bits per heavy atom. The number of aromatic carboxylic acids is 1. The van der Waals surface area contributed by atoms with Crippen LogP contribution in [0, 0.1) is 0 Å². The molecule has 1 aromatic heterocycles. The summed E-state index contributed by atoms with van der Waals surface area (Å²) in [7, 11) is 0. The van der Waals surface area contributed by atoms with Crippen molar-refractivity contribution in [3.8, 4) is 0 Å². The molecule has 0 aliphatic carbocycles. The van der Waals surface area contributed by atoms with Gasteiger partial charge >= 0.3 is 5.97 Å². The normalized spacial score (nSPS) is 13.2. The van der Waals surface area contributed by atoms with Crippen LogP contribution in [0.3, 0.4) is 0 Å². The molecule has 1 unspecified atom stereocenters. The van der Waals surface area contributed by atoms with E-state index < -0.39 is 5.97 Å². The maximum Gasteiger partial charge on any atom is 0.335 e. The zero-order valence-corrected chi connectivity index (χ0v) is 12.2. The van der Waals surface area contributed by atoms with Gasteiger partial charge in [-0.1, -0.05) is 13.8 Å². The molecule has 1 heterocycles. The Kier molecular flexibility index (Phi) is 3.64. The van der Waals surface area contributed by atoms with Gasteiger partial charge in [0.25, 0.3) is 0 Å². The lowest BCUT2D eigenvalue weighted by Gasteiger charge is -2.07. The molecule has 1 atom stereocenters. The van der Waals surface area contributed by atoms with E-state index >= 15 is 0 Å². The lowest BCUT2D eigenvalue weighted by molar-refractivity contribution is 0.0697. The third kappa shape index (κ3) is 2.37. The standard InChI is InChI=1S/C13H15NO2S2/c1-6(2)9-4-8(13(15)16)5-10-11(9)14-12(18-10)7(3)17/h4-7,17H,1-3H3,(H,15,16). The summed E-state index contributed by atoms with van der Waals surface area (Å²) >= 11 is 5.90. The van der Waals surface area contributed by atoms with Crippen molar-refractivity contribution in [2.45, 2.75) is 31.9 Å². The van der Waals surface area contributed by atoms with Gasteiger partial charge in [-0.3, -0.25) is 0 Å². The minimum atomic E-state index is -0.896. The third-order valence-electron chi connectivity index (χ3n) is 2.77. The number of benzene rings is 1. The summed E-state index contributed by atoms with van der Waals surface area (Å²) in [4.78, 5) is 15.7. The van der Waals surface area contributed by atoms with Crippen LogP contribution in [0.25, 0.3) is 10.2 Å². The maximum absolute atomic E-state index is 11.1. The summed E-state index contributed by atoms with van der Waals surface area (Å²) in [6, 6.07) is 3.42. The molecule has 0 radical (unpaired) electrons. The summed E-state index contributed by atoms with van der Waals surface area (Å²) in [6.07, 6.45) is 0.